The second-order valence-electron chi connectivity index (χ2n) is 11.1. The van der Waals surface area contributed by atoms with Crippen molar-refractivity contribution in [2.24, 2.45) is 45.3 Å². The van der Waals surface area contributed by atoms with E-state index in [1.54, 1.807) is 6.08 Å². The number of ether oxygens (including phenoxy) is 1. The van der Waals surface area contributed by atoms with Gasteiger partial charge >= 0.3 is 5.97 Å². The topological polar surface area (TPSA) is 96.9 Å². The van der Waals surface area contributed by atoms with Crippen LogP contribution < -0.4 is 11.2 Å². The molecule has 0 aromatic carbocycles. The van der Waals surface area contributed by atoms with Gasteiger partial charge in [0, 0.05) is 17.2 Å². The predicted molar refractivity (Wildman–Crippen MR) is 123 cm³/mol. The molecule has 4 saturated carbocycles. The van der Waals surface area contributed by atoms with Crippen LogP contribution in [0.1, 0.15) is 71.6 Å². The van der Waals surface area contributed by atoms with Gasteiger partial charge in [0.05, 0.1) is 5.60 Å². The zero-order valence-corrected chi connectivity index (χ0v) is 19.5. The van der Waals surface area contributed by atoms with Crippen LogP contribution in [0.3, 0.4) is 0 Å². The van der Waals surface area contributed by atoms with Gasteiger partial charge in [-0.25, -0.2) is 4.79 Å². The Hall–Kier alpha value is -1.47. The van der Waals surface area contributed by atoms with E-state index in [0.717, 1.165) is 63.4 Å². The molecule has 7 heteroatoms. The maximum Gasteiger partial charge on any atom is 0.331 e. The third-order valence-electron chi connectivity index (χ3n) is 10.1. The van der Waals surface area contributed by atoms with Gasteiger partial charge in [-0.2, -0.15) is 5.10 Å². The molecule has 0 bridgehead atoms. The molecule has 4 aliphatic carbocycles. The second kappa shape index (κ2) is 7.27. The number of hydrogen-bond donors (Lipinski definition) is 3. The molecule has 0 radical (unpaired) electrons. The lowest BCUT2D eigenvalue weighted by molar-refractivity contribution is -0.200. The molecule has 4 unspecified atom stereocenters. The maximum atomic E-state index is 12.2. The van der Waals surface area contributed by atoms with Gasteiger partial charge in [-0.3, -0.25) is 5.43 Å². The molecule has 4 fully saturated rings. The smallest absolute Gasteiger partial charge is 0.331 e. The fourth-order valence-corrected chi connectivity index (χ4v) is 8.49. The van der Waals surface area contributed by atoms with Crippen molar-refractivity contribution in [1.82, 2.24) is 5.43 Å². The number of nitrogens with zero attached hydrogens (tertiary/aromatic N) is 1. The largest absolute Gasteiger partial charge is 0.458 e. The van der Waals surface area contributed by atoms with Crippen LogP contribution in [0, 0.1) is 34.5 Å². The Morgan fingerprint density at radius 3 is 2.74 bits per heavy atom. The van der Waals surface area contributed by atoms with E-state index in [4.69, 9.17) is 22.7 Å². The number of carbonyl (C=O) groups is 1. The SMILES string of the molecule is C[C@]12CC/C(=N\NC(N)=S)CC1CCC1[C@@H]2CC[C@]2(C)C(C3=CC(=O)OC3)CCC12O. The molecule has 0 amide bonds. The molecule has 0 spiro atoms. The van der Waals surface area contributed by atoms with E-state index >= 15 is 0 Å². The van der Waals surface area contributed by atoms with E-state index in [1.807, 2.05) is 0 Å². The quantitative estimate of drug-likeness (QED) is 0.342. The lowest BCUT2D eigenvalue weighted by atomic mass is 9.43. The van der Waals surface area contributed by atoms with E-state index in [2.05, 4.69) is 24.4 Å². The van der Waals surface area contributed by atoms with Gasteiger partial charge < -0.3 is 15.6 Å². The number of nitrogens with two attached hydrogens (primary N) is 1. The number of aliphatic hydroxyl groups is 1. The molecule has 5 aliphatic rings. The summed E-state index contributed by atoms with van der Waals surface area (Å²) in [4.78, 5) is 11.7. The average molecular weight is 446 g/mol. The summed E-state index contributed by atoms with van der Waals surface area (Å²) in [6, 6.07) is 0. The molecule has 1 aliphatic heterocycles. The van der Waals surface area contributed by atoms with Crippen molar-refractivity contribution in [3.8, 4) is 0 Å². The highest BCUT2D eigenvalue weighted by atomic mass is 32.1. The highest BCUT2D eigenvalue weighted by molar-refractivity contribution is 7.80. The molecule has 170 valence electrons. The molecule has 0 saturated heterocycles. The van der Waals surface area contributed by atoms with E-state index in [1.165, 1.54) is 5.71 Å². The molecular weight excluding hydrogens is 410 g/mol. The van der Waals surface area contributed by atoms with Gasteiger partial charge in [0.2, 0.25) is 0 Å². The van der Waals surface area contributed by atoms with Crippen LogP contribution in [0.15, 0.2) is 16.8 Å². The maximum absolute atomic E-state index is 12.2. The van der Waals surface area contributed by atoms with Crippen LogP contribution in [0.2, 0.25) is 0 Å². The van der Waals surface area contributed by atoms with E-state index < -0.39 is 5.60 Å². The first-order valence-electron chi connectivity index (χ1n) is 11.9. The number of nitrogens with one attached hydrogen (secondary N) is 1. The van der Waals surface area contributed by atoms with Crippen LogP contribution in [0.25, 0.3) is 0 Å². The van der Waals surface area contributed by atoms with Crippen molar-refractivity contribution in [2.45, 2.75) is 77.2 Å². The summed E-state index contributed by atoms with van der Waals surface area (Å²) in [6.07, 6.45) is 11.0. The lowest BCUT2D eigenvalue weighted by Gasteiger charge is -2.63. The van der Waals surface area contributed by atoms with Crippen LogP contribution in [-0.2, 0) is 9.53 Å². The van der Waals surface area contributed by atoms with E-state index in [9.17, 15) is 9.90 Å². The molecule has 31 heavy (non-hydrogen) atoms. The number of thiocarbonyl (C=S) groups is 1. The van der Waals surface area contributed by atoms with Gasteiger partial charge in [0.15, 0.2) is 5.11 Å². The first-order chi connectivity index (χ1) is 14.7. The minimum absolute atomic E-state index is 0.167. The van der Waals surface area contributed by atoms with Crippen LogP contribution in [0.5, 0.6) is 0 Å². The van der Waals surface area contributed by atoms with Crippen molar-refractivity contribution >= 4 is 29.0 Å². The number of cyclic esters (lactones) is 1. The number of fused-ring (bicyclic) bond motifs is 5. The van der Waals surface area contributed by atoms with Crippen molar-refractivity contribution < 1.29 is 14.6 Å². The standard InChI is InChI=1S/C24H35N3O3S/c1-22-8-5-16(26-27-21(25)31)12-15(22)3-4-19-18(22)6-9-23(2)17(7-10-24(19,23)29)14-11-20(28)30-13-14/h11,15,17-19,29H,3-10,12-13H2,1-2H3,(H3,25,27,31)/b26-16+/t15?,17?,18-,19?,22-,23+,24?/m0/s1. The number of esters is 1. The van der Waals surface area contributed by atoms with Crippen molar-refractivity contribution in [2.75, 3.05) is 6.61 Å². The Kier molecular flexibility index (Phi) is 5.02. The predicted octanol–water partition coefficient (Wildman–Crippen LogP) is 3.43. The third-order valence-corrected chi connectivity index (χ3v) is 10.2. The monoisotopic (exact) mass is 445 g/mol. The van der Waals surface area contributed by atoms with Crippen molar-refractivity contribution in [3.05, 3.63) is 11.6 Å². The minimum Gasteiger partial charge on any atom is -0.458 e. The number of hydrogen-bond acceptors (Lipinski definition) is 5. The summed E-state index contributed by atoms with van der Waals surface area (Å²) in [5, 5.41) is 16.9. The lowest BCUT2D eigenvalue weighted by Crippen LogP contribution is -2.62. The van der Waals surface area contributed by atoms with Gasteiger partial charge in [-0.15, -0.1) is 0 Å². The normalized spacial score (nSPS) is 47.8. The minimum atomic E-state index is -0.650. The highest BCUT2D eigenvalue weighted by Crippen LogP contribution is 2.69. The van der Waals surface area contributed by atoms with Crippen molar-refractivity contribution in [1.29, 1.82) is 0 Å². The Labute approximate surface area is 190 Å². The summed E-state index contributed by atoms with van der Waals surface area (Å²) >= 11 is 4.90. The number of hydrazone groups is 1. The van der Waals surface area contributed by atoms with Crippen LogP contribution in [-0.4, -0.2) is 34.1 Å². The number of rotatable bonds is 2. The summed E-state index contributed by atoms with van der Waals surface area (Å²) in [5.41, 5.74) is 10.0. The summed E-state index contributed by atoms with van der Waals surface area (Å²) in [7, 11) is 0. The van der Waals surface area contributed by atoms with Gasteiger partial charge in [0.25, 0.3) is 0 Å². The molecule has 4 N–H and O–H groups in total. The Balaban J connectivity index is 1.39. The average Bonchev–Trinajstić information content (AvgIpc) is 3.26. The Bertz CT molecular complexity index is 872. The third kappa shape index (κ3) is 3.10. The molecule has 0 aromatic heterocycles. The fourth-order valence-electron chi connectivity index (χ4n) is 8.45. The van der Waals surface area contributed by atoms with Gasteiger partial charge in [0.1, 0.15) is 6.61 Å². The summed E-state index contributed by atoms with van der Waals surface area (Å²) in [6.45, 7) is 5.16. The van der Waals surface area contributed by atoms with E-state index in [-0.39, 0.29) is 27.8 Å². The van der Waals surface area contributed by atoms with Crippen molar-refractivity contribution in [3.63, 3.8) is 0 Å². The molecule has 0 aromatic rings. The van der Waals surface area contributed by atoms with Crippen LogP contribution in [0.4, 0.5) is 0 Å². The Morgan fingerprint density at radius 2 is 2.03 bits per heavy atom. The zero-order valence-electron chi connectivity index (χ0n) is 18.7. The molecular formula is C24H35N3O3S. The number of carbonyl (C=O) groups excluding carboxylic acids is 1. The Morgan fingerprint density at radius 1 is 1.23 bits per heavy atom. The molecule has 5 rings (SSSR count). The fraction of sp³-hybridized carbons (Fsp3) is 0.792. The molecule has 7 atom stereocenters. The molecule has 1 heterocycles. The molecule has 6 nitrogen and oxygen atoms in total. The second-order valence-corrected chi connectivity index (χ2v) is 11.6. The first-order valence-corrected chi connectivity index (χ1v) is 12.3. The zero-order chi connectivity index (χ0) is 22.0. The van der Waals surface area contributed by atoms with Gasteiger partial charge in [-0.1, -0.05) is 13.8 Å². The van der Waals surface area contributed by atoms with Gasteiger partial charge in [-0.05, 0) is 105 Å². The highest BCUT2D eigenvalue weighted by Gasteiger charge is 2.67. The summed E-state index contributed by atoms with van der Waals surface area (Å²) in [5.74, 6) is 1.52. The first kappa shape index (κ1) is 21.4. The van der Waals surface area contributed by atoms with E-state index in [0.29, 0.717) is 24.4 Å². The summed E-state index contributed by atoms with van der Waals surface area (Å²) < 4.78 is 5.23. The van der Waals surface area contributed by atoms with Crippen LogP contribution >= 0.6 is 12.2 Å².